The van der Waals surface area contributed by atoms with Crippen molar-refractivity contribution in [3.05, 3.63) is 69.7 Å². The van der Waals surface area contributed by atoms with Crippen molar-refractivity contribution in [1.82, 2.24) is 4.90 Å². The summed E-state index contributed by atoms with van der Waals surface area (Å²) in [5, 5.41) is 9.88. The number of carboxylic acids is 1. The Morgan fingerprint density at radius 2 is 1.79 bits per heavy atom. The van der Waals surface area contributed by atoms with Crippen LogP contribution >= 0.6 is 11.6 Å². The van der Waals surface area contributed by atoms with Crippen molar-refractivity contribution >= 4 is 29.2 Å². The van der Waals surface area contributed by atoms with E-state index in [0.717, 1.165) is 36.0 Å². The van der Waals surface area contributed by atoms with Gasteiger partial charge >= 0.3 is 5.97 Å². The number of rotatable bonds is 7. The molecule has 1 aliphatic heterocycles. The SMILES string of the molecule is CCc1cc(Cl)cc(C2=NC(C)(C)N([C@H](CCC(C)(C)C)c3ccc(C(=O)O)cc3)C2=O)c1. The quantitative estimate of drug-likeness (QED) is 0.501. The van der Waals surface area contributed by atoms with Gasteiger partial charge in [0.15, 0.2) is 0 Å². The van der Waals surface area contributed by atoms with Gasteiger partial charge in [0.25, 0.3) is 5.91 Å². The molecular weight excluding hydrogens is 436 g/mol. The molecule has 1 amide bonds. The average molecular weight is 469 g/mol. The molecule has 2 aromatic rings. The number of aromatic carboxylic acids is 1. The second-order valence-corrected chi connectivity index (χ2v) is 10.8. The van der Waals surface area contributed by atoms with Crippen molar-refractivity contribution in [1.29, 1.82) is 0 Å². The van der Waals surface area contributed by atoms with Crippen LogP contribution in [0.1, 0.15) is 87.5 Å². The Bertz CT molecular complexity index is 1080. The lowest BCUT2D eigenvalue weighted by Crippen LogP contribution is -2.45. The minimum absolute atomic E-state index is 0.0822. The predicted octanol–water partition coefficient (Wildman–Crippen LogP) is 6.54. The van der Waals surface area contributed by atoms with E-state index in [1.807, 2.05) is 49.9 Å². The van der Waals surface area contributed by atoms with Gasteiger partial charge in [-0.1, -0.05) is 51.4 Å². The Morgan fingerprint density at radius 1 is 1.15 bits per heavy atom. The van der Waals surface area contributed by atoms with Gasteiger partial charge in [0.05, 0.1) is 11.6 Å². The standard InChI is InChI=1S/C27H33ClN2O3/c1-7-17-14-20(16-21(28)15-17)23-24(31)30(27(5,6)29-23)22(12-13-26(2,3)4)18-8-10-19(11-9-18)25(32)33/h8-11,14-16,22H,7,12-13H2,1-6H3,(H,32,33)/t22-/m1/s1. The number of carbonyl (C=O) groups excluding carboxylic acids is 1. The molecule has 0 fully saturated rings. The molecule has 1 aliphatic rings. The number of aryl methyl sites for hydroxylation is 1. The van der Waals surface area contributed by atoms with Crippen molar-refractivity contribution in [2.45, 2.75) is 72.5 Å². The van der Waals surface area contributed by atoms with Crippen LogP contribution in [-0.2, 0) is 11.2 Å². The fourth-order valence-corrected chi connectivity index (χ4v) is 4.56. The van der Waals surface area contributed by atoms with E-state index >= 15 is 0 Å². The number of carboxylic acid groups (broad SMARTS) is 1. The first-order valence-electron chi connectivity index (χ1n) is 11.4. The molecule has 1 N–H and O–H groups in total. The van der Waals surface area contributed by atoms with E-state index in [-0.39, 0.29) is 22.9 Å². The van der Waals surface area contributed by atoms with Crippen LogP contribution in [0.3, 0.4) is 0 Å². The summed E-state index contributed by atoms with van der Waals surface area (Å²) < 4.78 is 0. The Morgan fingerprint density at radius 3 is 2.33 bits per heavy atom. The maximum absolute atomic E-state index is 13.8. The number of benzene rings is 2. The first kappa shape index (κ1) is 25.0. The highest BCUT2D eigenvalue weighted by molar-refractivity contribution is 6.47. The van der Waals surface area contributed by atoms with Gasteiger partial charge in [-0.05, 0) is 80.0 Å². The maximum Gasteiger partial charge on any atom is 0.335 e. The maximum atomic E-state index is 13.8. The lowest BCUT2D eigenvalue weighted by Gasteiger charge is -2.38. The van der Waals surface area contributed by atoms with E-state index in [9.17, 15) is 14.7 Å². The zero-order valence-electron chi connectivity index (χ0n) is 20.3. The summed E-state index contributed by atoms with van der Waals surface area (Å²) in [4.78, 5) is 31.8. The van der Waals surface area contributed by atoms with E-state index < -0.39 is 11.6 Å². The topological polar surface area (TPSA) is 70.0 Å². The first-order valence-corrected chi connectivity index (χ1v) is 11.8. The molecule has 0 bridgehead atoms. The molecule has 5 nitrogen and oxygen atoms in total. The minimum Gasteiger partial charge on any atom is -0.478 e. The van der Waals surface area contributed by atoms with Gasteiger partial charge in [-0.2, -0.15) is 0 Å². The van der Waals surface area contributed by atoms with Crippen molar-refractivity contribution in [2.75, 3.05) is 0 Å². The summed E-state index contributed by atoms with van der Waals surface area (Å²) in [6.45, 7) is 12.5. The molecule has 0 aromatic heterocycles. The van der Waals surface area contributed by atoms with Gasteiger partial charge in [-0.15, -0.1) is 0 Å². The van der Waals surface area contributed by atoms with Gasteiger partial charge in [-0.3, -0.25) is 9.79 Å². The lowest BCUT2D eigenvalue weighted by molar-refractivity contribution is -0.130. The van der Waals surface area contributed by atoms with Gasteiger partial charge < -0.3 is 10.0 Å². The van der Waals surface area contributed by atoms with Crippen LogP contribution in [0.2, 0.25) is 5.02 Å². The van der Waals surface area contributed by atoms with Crippen molar-refractivity contribution in [2.24, 2.45) is 10.4 Å². The van der Waals surface area contributed by atoms with E-state index in [2.05, 4.69) is 20.8 Å². The van der Waals surface area contributed by atoms with Crippen LogP contribution in [0.25, 0.3) is 0 Å². The van der Waals surface area contributed by atoms with Crippen molar-refractivity contribution in [3.8, 4) is 0 Å². The number of hydrogen-bond acceptors (Lipinski definition) is 3. The predicted molar refractivity (Wildman–Crippen MR) is 133 cm³/mol. The van der Waals surface area contributed by atoms with Crippen LogP contribution in [-0.4, -0.2) is 33.3 Å². The highest BCUT2D eigenvalue weighted by Crippen LogP contribution is 2.40. The summed E-state index contributed by atoms with van der Waals surface area (Å²) in [6.07, 6.45) is 2.45. The Kier molecular flexibility index (Phi) is 7.04. The number of aliphatic imine (C=N–C) groups is 1. The second kappa shape index (κ2) is 9.30. The monoisotopic (exact) mass is 468 g/mol. The van der Waals surface area contributed by atoms with Crippen LogP contribution in [0.5, 0.6) is 0 Å². The molecule has 0 spiro atoms. The Labute approximate surface area is 201 Å². The third-order valence-electron chi connectivity index (χ3n) is 6.06. The second-order valence-electron chi connectivity index (χ2n) is 10.4. The van der Waals surface area contributed by atoms with Gasteiger partial charge in [-0.25, -0.2) is 4.79 Å². The number of amides is 1. The number of halogens is 1. The van der Waals surface area contributed by atoms with Crippen LogP contribution in [0.15, 0.2) is 47.5 Å². The average Bonchev–Trinajstić information content (AvgIpc) is 2.96. The smallest absolute Gasteiger partial charge is 0.335 e. The molecular formula is C27H33ClN2O3. The largest absolute Gasteiger partial charge is 0.478 e. The molecule has 1 atom stereocenters. The molecule has 0 aliphatic carbocycles. The normalized spacial score (nSPS) is 16.6. The third kappa shape index (κ3) is 5.64. The fraction of sp³-hybridized carbons (Fsp3) is 0.444. The molecule has 0 saturated carbocycles. The first-order chi connectivity index (χ1) is 15.3. The number of hydrogen-bond donors (Lipinski definition) is 1. The number of nitrogens with zero attached hydrogens (tertiary/aromatic N) is 2. The summed E-state index contributed by atoms with van der Waals surface area (Å²) in [5.74, 6) is -1.10. The molecule has 176 valence electrons. The van der Waals surface area contributed by atoms with Gasteiger partial charge in [0.1, 0.15) is 11.4 Å². The fourth-order valence-electron chi connectivity index (χ4n) is 4.30. The summed E-state index contributed by atoms with van der Waals surface area (Å²) in [5.41, 5.74) is 2.66. The summed E-state index contributed by atoms with van der Waals surface area (Å²) in [7, 11) is 0. The molecule has 3 rings (SSSR count). The third-order valence-corrected chi connectivity index (χ3v) is 6.28. The summed E-state index contributed by atoms with van der Waals surface area (Å²) >= 11 is 6.33. The lowest BCUT2D eigenvalue weighted by atomic mass is 9.86. The van der Waals surface area contributed by atoms with Crippen LogP contribution < -0.4 is 0 Å². The van der Waals surface area contributed by atoms with E-state index in [0.29, 0.717) is 10.7 Å². The van der Waals surface area contributed by atoms with E-state index in [1.54, 1.807) is 18.2 Å². The molecule has 0 saturated heterocycles. The highest BCUT2D eigenvalue weighted by Gasteiger charge is 2.45. The van der Waals surface area contributed by atoms with E-state index in [4.69, 9.17) is 16.6 Å². The Hall–Kier alpha value is -2.66. The molecule has 6 heteroatoms. The molecule has 2 aromatic carbocycles. The zero-order valence-corrected chi connectivity index (χ0v) is 21.0. The van der Waals surface area contributed by atoms with Gasteiger partial charge in [0, 0.05) is 10.6 Å². The minimum atomic E-state index is -0.969. The Balaban J connectivity index is 2.03. The molecule has 0 unspecified atom stereocenters. The highest BCUT2D eigenvalue weighted by atomic mass is 35.5. The van der Waals surface area contributed by atoms with E-state index in [1.165, 1.54) is 0 Å². The molecule has 33 heavy (non-hydrogen) atoms. The number of carbonyl (C=O) groups is 2. The summed E-state index contributed by atoms with van der Waals surface area (Å²) in [6, 6.07) is 12.3. The van der Waals surface area contributed by atoms with Gasteiger partial charge in [0.2, 0.25) is 0 Å². The van der Waals surface area contributed by atoms with Crippen molar-refractivity contribution < 1.29 is 14.7 Å². The van der Waals surface area contributed by atoms with Crippen LogP contribution in [0.4, 0.5) is 0 Å². The zero-order chi connectivity index (χ0) is 24.6. The van der Waals surface area contributed by atoms with Crippen molar-refractivity contribution in [3.63, 3.8) is 0 Å². The molecule has 0 radical (unpaired) electrons. The van der Waals surface area contributed by atoms with Crippen LogP contribution in [0, 0.1) is 5.41 Å². The molecule has 1 heterocycles.